The van der Waals surface area contributed by atoms with E-state index in [4.69, 9.17) is 9.47 Å². The first kappa shape index (κ1) is 30.8. The number of ether oxygens (including phenoxy) is 2. The molecule has 0 radical (unpaired) electrons. The van der Waals surface area contributed by atoms with E-state index in [0.717, 1.165) is 46.5 Å². The van der Waals surface area contributed by atoms with Gasteiger partial charge in [-0.25, -0.2) is 0 Å². The summed E-state index contributed by atoms with van der Waals surface area (Å²) in [5.74, 6) is 1.78. The van der Waals surface area contributed by atoms with Crippen molar-refractivity contribution in [3.05, 3.63) is 131 Å². The van der Waals surface area contributed by atoms with Crippen molar-refractivity contribution >= 4 is 22.5 Å². The molecule has 3 aliphatic rings. The lowest BCUT2D eigenvalue weighted by Gasteiger charge is -2.42. The summed E-state index contributed by atoms with van der Waals surface area (Å²) in [6.07, 6.45) is 9.38. The fourth-order valence-corrected chi connectivity index (χ4v) is 9.37. The predicted octanol–water partition coefficient (Wildman–Crippen LogP) is 11.2. The van der Waals surface area contributed by atoms with Gasteiger partial charge in [-0.15, -0.1) is 0 Å². The van der Waals surface area contributed by atoms with Gasteiger partial charge in [0.15, 0.2) is 5.60 Å². The SMILES string of the molecule is COc1ccc2c3c(c4c(c2c1)OC(c1ccccc1)(c1ccc(N(C)C)cc1)C=C4)C1(CC(C)(C)CCC(C)(C)C1)c1ccccc1-3. The Morgan fingerprint density at radius 2 is 1.35 bits per heavy atom. The van der Waals surface area contributed by atoms with Crippen LogP contribution in [0.5, 0.6) is 11.5 Å². The fraction of sp³-hybridized carbons (Fsp3) is 0.333. The van der Waals surface area contributed by atoms with Crippen LogP contribution in [0, 0.1) is 10.8 Å². The molecule has 244 valence electrons. The number of fused-ring (bicyclic) bond motifs is 10. The van der Waals surface area contributed by atoms with Gasteiger partial charge in [0.25, 0.3) is 0 Å². The molecule has 1 spiro atoms. The standard InChI is InChI=1S/C45H47NO2/c1-42(2)25-26-43(3,4)29-44(28-42)38-16-12-11-15-35(38)39-34-22-21-33(47-7)27-37(34)41-36(40(39)44)23-24-45(48-41,30-13-9-8-10-14-30)31-17-19-32(20-18-31)46(5)6/h8-24,27H,25-26,28-29H2,1-7H3. The molecule has 48 heavy (non-hydrogen) atoms. The van der Waals surface area contributed by atoms with Crippen LogP contribution in [0.25, 0.3) is 28.0 Å². The molecule has 1 heterocycles. The van der Waals surface area contributed by atoms with Crippen LogP contribution in [0.2, 0.25) is 0 Å². The van der Waals surface area contributed by atoms with Gasteiger partial charge in [0, 0.05) is 47.3 Å². The molecule has 0 saturated heterocycles. The van der Waals surface area contributed by atoms with Crippen molar-refractivity contribution in [2.45, 2.75) is 64.4 Å². The summed E-state index contributed by atoms with van der Waals surface area (Å²) in [5, 5.41) is 2.32. The summed E-state index contributed by atoms with van der Waals surface area (Å²) in [5.41, 5.74) is 9.67. The molecule has 8 rings (SSSR count). The van der Waals surface area contributed by atoms with Crippen LogP contribution in [0.3, 0.4) is 0 Å². The highest BCUT2D eigenvalue weighted by atomic mass is 16.5. The van der Waals surface area contributed by atoms with Gasteiger partial charge in [-0.2, -0.15) is 0 Å². The van der Waals surface area contributed by atoms with Crippen LogP contribution in [0.4, 0.5) is 5.69 Å². The minimum absolute atomic E-state index is 0.137. The Bertz CT molecular complexity index is 2050. The molecule has 5 aromatic carbocycles. The summed E-state index contributed by atoms with van der Waals surface area (Å²) in [6, 6.07) is 35.3. The number of hydrogen-bond donors (Lipinski definition) is 0. The highest BCUT2D eigenvalue weighted by Crippen LogP contribution is 2.65. The number of methoxy groups -OCH3 is 1. The lowest BCUT2D eigenvalue weighted by Crippen LogP contribution is -2.37. The van der Waals surface area contributed by atoms with E-state index < -0.39 is 5.60 Å². The van der Waals surface area contributed by atoms with Gasteiger partial charge in [-0.1, -0.05) is 101 Å². The highest BCUT2D eigenvalue weighted by molar-refractivity contribution is 6.09. The van der Waals surface area contributed by atoms with E-state index in [1.54, 1.807) is 7.11 Å². The molecule has 0 amide bonds. The first-order chi connectivity index (χ1) is 23.0. The molecule has 1 saturated carbocycles. The first-order valence-electron chi connectivity index (χ1n) is 17.5. The van der Waals surface area contributed by atoms with E-state index >= 15 is 0 Å². The van der Waals surface area contributed by atoms with Gasteiger partial charge in [-0.3, -0.25) is 0 Å². The molecule has 3 heteroatoms. The van der Waals surface area contributed by atoms with Crippen LogP contribution < -0.4 is 14.4 Å². The van der Waals surface area contributed by atoms with Crippen molar-refractivity contribution in [3.63, 3.8) is 0 Å². The zero-order chi connectivity index (χ0) is 33.5. The Morgan fingerprint density at radius 3 is 2.02 bits per heavy atom. The average Bonchev–Trinajstić information content (AvgIpc) is 3.30. The molecule has 1 atom stereocenters. The largest absolute Gasteiger partial charge is 0.497 e. The van der Waals surface area contributed by atoms with Gasteiger partial charge in [0.2, 0.25) is 0 Å². The van der Waals surface area contributed by atoms with Crippen molar-refractivity contribution < 1.29 is 9.47 Å². The molecular weight excluding hydrogens is 587 g/mol. The maximum Gasteiger partial charge on any atom is 0.178 e. The second-order valence-electron chi connectivity index (χ2n) is 16.2. The third kappa shape index (κ3) is 4.61. The Labute approximate surface area is 286 Å². The minimum Gasteiger partial charge on any atom is -0.497 e. The molecule has 3 nitrogen and oxygen atoms in total. The molecular formula is C45H47NO2. The second-order valence-corrected chi connectivity index (χ2v) is 16.2. The van der Waals surface area contributed by atoms with Gasteiger partial charge in [0.05, 0.1) is 7.11 Å². The van der Waals surface area contributed by atoms with Gasteiger partial charge < -0.3 is 14.4 Å². The van der Waals surface area contributed by atoms with Crippen LogP contribution in [-0.2, 0) is 11.0 Å². The fourth-order valence-electron chi connectivity index (χ4n) is 9.37. The highest BCUT2D eigenvalue weighted by Gasteiger charge is 2.53. The van der Waals surface area contributed by atoms with E-state index in [2.05, 4.69) is 156 Å². The maximum atomic E-state index is 7.64. The van der Waals surface area contributed by atoms with Crippen molar-refractivity contribution in [2.24, 2.45) is 10.8 Å². The minimum atomic E-state index is -0.802. The molecule has 1 aliphatic heterocycles. The topological polar surface area (TPSA) is 21.7 Å². The number of hydrogen-bond acceptors (Lipinski definition) is 3. The van der Waals surface area contributed by atoms with E-state index in [9.17, 15) is 0 Å². The van der Waals surface area contributed by atoms with Gasteiger partial charge >= 0.3 is 0 Å². The van der Waals surface area contributed by atoms with E-state index in [1.807, 2.05) is 0 Å². The van der Waals surface area contributed by atoms with Gasteiger partial charge in [0.1, 0.15) is 11.5 Å². The quantitative estimate of drug-likeness (QED) is 0.197. The normalized spacial score (nSPS) is 21.1. The number of anilines is 1. The second kappa shape index (κ2) is 10.8. The molecule has 0 bridgehead atoms. The van der Waals surface area contributed by atoms with Gasteiger partial charge in [-0.05, 0) is 101 Å². The zero-order valence-electron chi connectivity index (χ0n) is 29.5. The summed E-state index contributed by atoms with van der Waals surface area (Å²) < 4.78 is 13.5. The Balaban J connectivity index is 1.47. The third-order valence-corrected chi connectivity index (χ3v) is 11.5. The molecule has 0 N–H and O–H groups in total. The number of rotatable bonds is 4. The third-order valence-electron chi connectivity index (χ3n) is 11.5. The smallest absolute Gasteiger partial charge is 0.178 e. The predicted molar refractivity (Wildman–Crippen MR) is 200 cm³/mol. The maximum absolute atomic E-state index is 7.64. The number of benzene rings is 5. The average molecular weight is 634 g/mol. The summed E-state index contributed by atoms with van der Waals surface area (Å²) in [7, 11) is 5.92. The molecule has 1 unspecified atom stereocenters. The molecule has 5 aromatic rings. The molecule has 2 aliphatic carbocycles. The summed E-state index contributed by atoms with van der Waals surface area (Å²) >= 11 is 0. The van der Waals surface area contributed by atoms with Crippen molar-refractivity contribution in [1.29, 1.82) is 0 Å². The van der Waals surface area contributed by atoms with E-state index in [0.29, 0.717) is 0 Å². The van der Waals surface area contributed by atoms with E-state index in [1.165, 1.54) is 46.0 Å². The van der Waals surface area contributed by atoms with Crippen molar-refractivity contribution in [1.82, 2.24) is 0 Å². The monoisotopic (exact) mass is 633 g/mol. The lowest BCUT2D eigenvalue weighted by molar-refractivity contribution is 0.162. The molecule has 0 aromatic heterocycles. The van der Waals surface area contributed by atoms with Crippen LogP contribution in [-0.4, -0.2) is 21.2 Å². The zero-order valence-corrected chi connectivity index (χ0v) is 29.5. The van der Waals surface area contributed by atoms with Crippen LogP contribution >= 0.6 is 0 Å². The number of nitrogens with zero attached hydrogens (tertiary/aromatic N) is 1. The Kier molecular flexibility index (Phi) is 6.90. The van der Waals surface area contributed by atoms with Crippen LogP contribution in [0.1, 0.15) is 81.2 Å². The Hall–Kier alpha value is -4.50. The van der Waals surface area contributed by atoms with Crippen molar-refractivity contribution in [3.8, 4) is 22.6 Å². The van der Waals surface area contributed by atoms with Crippen molar-refractivity contribution in [2.75, 3.05) is 26.1 Å². The summed E-state index contributed by atoms with van der Waals surface area (Å²) in [6.45, 7) is 9.94. The Morgan fingerprint density at radius 1 is 0.708 bits per heavy atom. The van der Waals surface area contributed by atoms with Crippen LogP contribution in [0.15, 0.2) is 103 Å². The molecule has 1 fully saturated rings. The lowest BCUT2D eigenvalue weighted by atomic mass is 9.62. The van der Waals surface area contributed by atoms with E-state index in [-0.39, 0.29) is 16.2 Å². The first-order valence-corrected chi connectivity index (χ1v) is 17.5. The summed E-state index contributed by atoms with van der Waals surface area (Å²) in [4.78, 5) is 2.14.